The molecule has 3 heteroatoms. The molecule has 1 aliphatic rings. The third kappa shape index (κ3) is 1.88. The molecule has 0 saturated carbocycles. The zero-order chi connectivity index (χ0) is 11.1. The van der Waals surface area contributed by atoms with Gasteiger partial charge in [0.2, 0.25) is 5.91 Å². The summed E-state index contributed by atoms with van der Waals surface area (Å²) in [6.45, 7) is 3.53. The molecule has 0 atom stereocenters. The molecule has 1 aromatic rings. The van der Waals surface area contributed by atoms with Crippen LogP contribution in [-0.4, -0.2) is 11.0 Å². The van der Waals surface area contributed by atoms with Crippen LogP contribution in [0.25, 0.3) is 0 Å². The molecule has 0 unspecified atom stereocenters. The molecule has 3 nitrogen and oxygen atoms in total. The van der Waals surface area contributed by atoms with Crippen molar-refractivity contribution < 1.29 is 9.90 Å². The molecule has 0 radical (unpaired) electrons. The van der Waals surface area contributed by atoms with Gasteiger partial charge >= 0.3 is 0 Å². The van der Waals surface area contributed by atoms with E-state index < -0.39 is 5.60 Å². The van der Waals surface area contributed by atoms with Crippen molar-refractivity contribution in [3.63, 3.8) is 0 Å². The molecular formula is C12H15NO2. The summed E-state index contributed by atoms with van der Waals surface area (Å²) in [5.74, 6) is 0.0513. The van der Waals surface area contributed by atoms with Crippen molar-refractivity contribution in [3.8, 4) is 0 Å². The summed E-state index contributed by atoms with van der Waals surface area (Å²) in [6.07, 6.45) is 1.21. The monoisotopic (exact) mass is 205 g/mol. The van der Waals surface area contributed by atoms with E-state index in [0.717, 1.165) is 16.8 Å². The van der Waals surface area contributed by atoms with E-state index in [1.807, 2.05) is 18.2 Å². The minimum Gasteiger partial charge on any atom is -0.386 e. The van der Waals surface area contributed by atoms with E-state index >= 15 is 0 Å². The molecule has 0 saturated heterocycles. The summed E-state index contributed by atoms with van der Waals surface area (Å²) in [5.41, 5.74) is 1.95. The number of rotatable bonds is 1. The van der Waals surface area contributed by atoms with Crippen LogP contribution in [0.1, 0.15) is 31.4 Å². The molecule has 0 fully saturated rings. The van der Waals surface area contributed by atoms with E-state index in [2.05, 4.69) is 5.32 Å². The summed E-state index contributed by atoms with van der Waals surface area (Å²) in [4.78, 5) is 11.2. The minimum absolute atomic E-state index is 0.0513. The smallest absolute Gasteiger partial charge is 0.224 e. The zero-order valence-electron chi connectivity index (χ0n) is 9.00. The quantitative estimate of drug-likeness (QED) is 0.734. The average molecular weight is 205 g/mol. The third-order valence-electron chi connectivity index (χ3n) is 2.71. The van der Waals surface area contributed by atoms with Crippen LogP contribution in [0.2, 0.25) is 0 Å². The number of amides is 1. The maximum Gasteiger partial charge on any atom is 0.224 e. The summed E-state index contributed by atoms with van der Waals surface area (Å²) >= 11 is 0. The number of hydrogen-bond acceptors (Lipinski definition) is 2. The molecule has 0 spiro atoms. The highest BCUT2D eigenvalue weighted by Crippen LogP contribution is 2.32. The normalized spacial score (nSPS) is 15.8. The highest BCUT2D eigenvalue weighted by Gasteiger charge is 2.24. The van der Waals surface area contributed by atoms with Crippen LogP contribution in [-0.2, 0) is 16.8 Å². The molecule has 2 N–H and O–H groups in total. The molecular weight excluding hydrogens is 190 g/mol. The molecule has 1 heterocycles. The lowest BCUT2D eigenvalue weighted by molar-refractivity contribution is -0.116. The number of anilines is 1. The van der Waals surface area contributed by atoms with Gasteiger partial charge in [-0.15, -0.1) is 0 Å². The predicted molar refractivity (Wildman–Crippen MR) is 58.6 cm³/mol. The van der Waals surface area contributed by atoms with E-state index in [1.54, 1.807) is 13.8 Å². The Hall–Kier alpha value is -1.35. The van der Waals surface area contributed by atoms with Gasteiger partial charge in [-0.25, -0.2) is 0 Å². The lowest BCUT2D eigenvalue weighted by Gasteiger charge is -2.26. The Labute approximate surface area is 89.1 Å². The first-order valence-electron chi connectivity index (χ1n) is 5.13. The predicted octanol–water partition coefficient (Wildman–Crippen LogP) is 1.80. The summed E-state index contributed by atoms with van der Waals surface area (Å²) < 4.78 is 0. The van der Waals surface area contributed by atoms with Crippen molar-refractivity contribution in [2.45, 2.75) is 32.3 Å². The Bertz CT molecular complexity index is 405. The Morgan fingerprint density at radius 1 is 1.33 bits per heavy atom. The lowest BCUT2D eigenvalue weighted by Crippen LogP contribution is -2.24. The van der Waals surface area contributed by atoms with Gasteiger partial charge in [0, 0.05) is 12.1 Å². The van der Waals surface area contributed by atoms with E-state index in [9.17, 15) is 9.90 Å². The van der Waals surface area contributed by atoms with E-state index in [1.165, 1.54) is 0 Å². The average Bonchev–Trinajstić information content (AvgIpc) is 2.15. The number of fused-ring (bicyclic) bond motifs is 1. The molecule has 80 valence electrons. The number of nitrogens with one attached hydrogen (secondary N) is 1. The molecule has 15 heavy (non-hydrogen) atoms. The van der Waals surface area contributed by atoms with Crippen molar-refractivity contribution in [3.05, 3.63) is 29.3 Å². The van der Waals surface area contributed by atoms with Gasteiger partial charge < -0.3 is 10.4 Å². The van der Waals surface area contributed by atoms with Gasteiger partial charge in [-0.2, -0.15) is 0 Å². The molecule has 1 aromatic carbocycles. The number of aliphatic hydroxyl groups is 1. The van der Waals surface area contributed by atoms with Crippen molar-refractivity contribution in [1.29, 1.82) is 0 Å². The Balaban J connectivity index is 2.51. The molecule has 0 bridgehead atoms. The zero-order valence-corrected chi connectivity index (χ0v) is 9.00. The van der Waals surface area contributed by atoms with Crippen LogP contribution >= 0.6 is 0 Å². The van der Waals surface area contributed by atoms with Crippen molar-refractivity contribution in [1.82, 2.24) is 0 Å². The Morgan fingerprint density at radius 2 is 2.07 bits per heavy atom. The molecule has 2 rings (SSSR count). The SMILES string of the molecule is CC(C)(O)c1cccc2c1CCC(=O)N2. The minimum atomic E-state index is -0.854. The van der Waals surface area contributed by atoms with Gasteiger partial charge in [-0.1, -0.05) is 12.1 Å². The number of hydrogen-bond donors (Lipinski definition) is 2. The third-order valence-corrected chi connectivity index (χ3v) is 2.71. The topological polar surface area (TPSA) is 49.3 Å². The maximum absolute atomic E-state index is 11.2. The van der Waals surface area contributed by atoms with Crippen molar-refractivity contribution >= 4 is 11.6 Å². The van der Waals surface area contributed by atoms with E-state index in [-0.39, 0.29) is 5.91 Å². The number of carbonyl (C=O) groups excluding carboxylic acids is 1. The first-order chi connectivity index (χ1) is 6.98. The maximum atomic E-state index is 11.2. The summed E-state index contributed by atoms with van der Waals surface area (Å²) in [5, 5.41) is 12.8. The second-order valence-corrected chi connectivity index (χ2v) is 4.44. The number of benzene rings is 1. The van der Waals surface area contributed by atoms with Crippen LogP contribution in [0.4, 0.5) is 5.69 Å². The van der Waals surface area contributed by atoms with E-state index in [0.29, 0.717) is 12.8 Å². The van der Waals surface area contributed by atoms with Crippen LogP contribution in [0.5, 0.6) is 0 Å². The van der Waals surface area contributed by atoms with Gasteiger partial charge in [0.15, 0.2) is 0 Å². The van der Waals surface area contributed by atoms with Crippen molar-refractivity contribution in [2.24, 2.45) is 0 Å². The second-order valence-electron chi connectivity index (χ2n) is 4.44. The largest absolute Gasteiger partial charge is 0.386 e. The highest BCUT2D eigenvalue weighted by molar-refractivity contribution is 5.94. The van der Waals surface area contributed by atoms with Crippen LogP contribution in [0.3, 0.4) is 0 Å². The second kappa shape index (κ2) is 3.35. The van der Waals surface area contributed by atoms with Gasteiger partial charge in [-0.05, 0) is 37.5 Å². The fraction of sp³-hybridized carbons (Fsp3) is 0.417. The standard InChI is InChI=1S/C12H15NO2/c1-12(2,15)9-4-3-5-10-8(9)6-7-11(14)13-10/h3-5,15H,6-7H2,1-2H3,(H,13,14). The van der Waals surface area contributed by atoms with Crippen molar-refractivity contribution in [2.75, 3.05) is 5.32 Å². The van der Waals surface area contributed by atoms with Gasteiger partial charge in [0.1, 0.15) is 0 Å². The van der Waals surface area contributed by atoms with Crippen LogP contribution in [0, 0.1) is 0 Å². The lowest BCUT2D eigenvalue weighted by atomic mass is 9.88. The first kappa shape index (κ1) is 10.2. The fourth-order valence-corrected chi connectivity index (χ4v) is 2.00. The van der Waals surface area contributed by atoms with Gasteiger partial charge in [0.05, 0.1) is 5.60 Å². The summed E-state index contributed by atoms with van der Waals surface area (Å²) in [6, 6.07) is 5.65. The first-order valence-corrected chi connectivity index (χ1v) is 5.13. The summed E-state index contributed by atoms with van der Waals surface area (Å²) in [7, 11) is 0. The molecule has 1 aliphatic heterocycles. The van der Waals surface area contributed by atoms with E-state index in [4.69, 9.17) is 0 Å². The fourth-order valence-electron chi connectivity index (χ4n) is 2.00. The Kier molecular flexibility index (Phi) is 2.27. The molecule has 0 aliphatic carbocycles. The Morgan fingerprint density at radius 3 is 2.73 bits per heavy atom. The molecule has 0 aromatic heterocycles. The van der Waals surface area contributed by atoms with Gasteiger partial charge in [-0.3, -0.25) is 4.79 Å². The number of carbonyl (C=O) groups is 1. The highest BCUT2D eigenvalue weighted by atomic mass is 16.3. The van der Waals surface area contributed by atoms with Crippen LogP contribution < -0.4 is 5.32 Å². The van der Waals surface area contributed by atoms with Gasteiger partial charge in [0.25, 0.3) is 0 Å². The molecule has 1 amide bonds. The van der Waals surface area contributed by atoms with Crippen LogP contribution in [0.15, 0.2) is 18.2 Å².